The van der Waals surface area contributed by atoms with Crippen molar-refractivity contribution in [1.82, 2.24) is 25.1 Å². The van der Waals surface area contributed by atoms with E-state index in [2.05, 4.69) is 48.2 Å². The van der Waals surface area contributed by atoms with E-state index in [1.807, 2.05) is 18.3 Å². The Labute approximate surface area is 221 Å². The molecule has 0 aromatic carbocycles. The summed E-state index contributed by atoms with van der Waals surface area (Å²) in [7, 11) is 0. The Morgan fingerprint density at radius 2 is 1.95 bits per heavy atom. The minimum atomic E-state index is 0.568. The van der Waals surface area contributed by atoms with E-state index in [4.69, 9.17) is 9.72 Å². The first-order valence-corrected chi connectivity index (χ1v) is 14.2. The van der Waals surface area contributed by atoms with Crippen LogP contribution in [0, 0.1) is 0 Å². The summed E-state index contributed by atoms with van der Waals surface area (Å²) >= 11 is 1.64. The number of hydrogen-bond donors (Lipinski definition) is 3. The fourth-order valence-electron chi connectivity index (χ4n) is 5.26. The molecule has 37 heavy (non-hydrogen) atoms. The van der Waals surface area contributed by atoms with Crippen LogP contribution < -0.4 is 20.7 Å². The number of likely N-dealkylation sites (tertiary alicyclic amines) is 1. The lowest BCUT2D eigenvalue weighted by Crippen LogP contribution is -2.21. The van der Waals surface area contributed by atoms with Crippen LogP contribution in [0.15, 0.2) is 36.3 Å². The van der Waals surface area contributed by atoms with Gasteiger partial charge in [-0.3, -0.25) is 4.98 Å². The number of ether oxygens (including phenoxy) is 1. The van der Waals surface area contributed by atoms with Crippen LogP contribution in [0.25, 0.3) is 6.08 Å². The molecule has 1 saturated heterocycles. The Morgan fingerprint density at radius 1 is 1.05 bits per heavy atom. The standard InChI is InChI=1S/C27H34N8OS/c1-2-7-19(6-1)26-33-34-27(37-26)32-25-9-8-23-24(31-25)15-21(17-29-23)30-20-14-22(18-28-16-20)36-13-5-12-35-10-3-4-11-35/h8-9,14-16,18-19,29-30H,1-7,10-13,17H2,(H,31,32,34). The number of rotatable bonds is 10. The van der Waals surface area contributed by atoms with Crippen molar-refractivity contribution in [3.05, 3.63) is 47.0 Å². The quantitative estimate of drug-likeness (QED) is 0.302. The van der Waals surface area contributed by atoms with Gasteiger partial charge >= 0.3 is 0 Å². The maximum atomic E-state index is 5.96. The Hall–Kier alpha value is -3.24. The monoisotopic (exact) mass is 518 g/mol. The third kappa shape index (κ3) is 6.19. The van der Waals surface area contributed by atoms with E-state index >= 15 is 0 Å². The third-order valence-electron chi connectivity index (χ3n) is 7.19. The van der Waals surface area contributed by atoms with Gasteiger partial charge in [-0.25, -0.2) is 4.98 Å². The van der Waals surface area contributed by atoms with Gasteiger partial charge in [0, 0.05) is 24.2 Å². The van der Waals surface area contributed by atoms with Crippen LogP contribution in [-0.2, 0) is 0 Å². The van der Waals surface area contributed by atoms with Crippen LogP contribution in [0.2, 0.25) is 0 Å². The molecule has 0 unspecified atom stereocenters. The van der Waals surface area contributed by atoms with Crippen molar-refractivity contribution < 1.29 is 4.74 Å². The Morgan fingerprint density at radius 3 is 2.84 bits per heavy atom. The molecule has 3 aromatic heterocycles. The molecule has 2 fully saturated rings. The van der Waals surface area contributed by atoms with E-state index in [0.29, 0.717) is 19.1 Å². The molecule has 1 aliphatic carbocycles. The minimum absolute atomic E-state index is 0.568. The first kappa shape index (κ1) is 24.1. The summed E-state index contributed by atoms with van der Waals surface area (Å²) in [5.74, 6) is 2.12. The zero-order chi connectivity index (χ0) is 24.9. The molecule has 194 valence electrons. The molecule has 5 heterocycles. The van der Waals surface area contributed by atoms with Gasteiger partial charge in [0.2, 0.25) is 5.13 Å². The van der Waals surface area contributed by atoms with Gasteiger partial charge in [0.1, 0.15) is 16.6 Å². The molecule has 9 nitrogen and oxygen atoms in total. The highest BCUT2D eigenvalue weighted by atomic mass is 32.1. The molecular formula is C27H34N8OS. The highest BCUT2D eigenvalue weighted by Gasteiger charge is 2.21. The molecule has 0 radical (unpaired) electrons. The first-order chi connectivity index (χ1) is 18.3. The fourth-order valence-corrected chi connectivity index (χ4v) is 6.18. The van der Waals surface area contributed by atoms with E-state index in [0.717, 1.165) is 57.4 Å². The second-order valence-electron chi connectivity index (χ2n) is 9.99. The van der Waals surface area contributed by atoms with Gasteiger partial charge in [-0.05, 0) is 63.4 Å². The Balaban J connectivity index is 1.06. The summed E-state index contributed by atoms with van der Waals surface area (Å²) in [6.45, 7) is 4.94. The molecule has 3 N–H and O–H groups in total. The topological polar surface area (TPSA) is 100 Å². The summed E-state index contributed by atoms with van der Waals surface area (Å²) in [6.07, 6.45) is 14.4. The Bertz CT molecular complexity index is 1230. The van der Waals surface area contributed by atoms with E-state index < -0.39 is 0 Å². The number of nitrogens with one attached hydrogen (secondary N) is 3. The summed E-state index contributed by atoms with van der Waals surface area (Å²) in [4.78, 5) is 11.7. The fraction of sp³-hybridized carbons (Fsp3) is 0.481. The summed E-state index contributed by atoms with van der Waals surface area (Å²) in [5.41, 5.74) is 3.80. The smallest absolute Gasteiger partial charge is 0.211 e. The normalized spacial score (nSPS) is 17.8. The second-order valence-corrected chi connectivity index (χ2v) is 11.0. The van der Waals surface area contributed by atoms with Crippen molar-refractivity contribution in [2.75, 3.05) is 48.7 Å². The van der Waals surface area contributed by atoms with Crippen molar-refractivity contribution in [3.63, 3.8) is 0 Å². The molecule has 0 bridgehead atoms. The number of anilines is 4. The number of hydrogen-bond acceptors (Lipinski definition) is 10. The maximum absolute atomic E-state index is 5.96. The van der Waals surface area contributed by atoms with Crippen LogP contribution in [0.5, 0.6) is 5.75 Å². The van der Waals surface area contributed by atoms with Gasteiger partial charge in [0.15, 0.2) is 0 Å². The third-order valence-corrected chi connectivity index (χ3v) is 8.19. The second kappa shape index (κ2) is 11.4. The van der Waals surface area contributed by atoms with Gasteiger partial charge < -0.3 is 25.6 Å². The van der Waals surface area contributed by atoms with E-state index in [-0.39, 0.29) is 0 Å². The molecule has 1 saturated carbocycles. The predicted molar refractivity (Wildman–Crippen MR) is 149 cm³/mol. The summed E-state index contributed by atoms with van der Waals surface area (Å²) in [5, 5.41) is 20.9. The lowest BCUT2D eigenvalue weighted by Gasteiger charge is -2.20. The van der Waals surface area contributed by atoms with Crippen molar-refractivity contribution in [1.29, 1.82) is 0 Å². The molecule has 2 aliphatic heterocycles. The van der Waals surface area contributed by atoms with Gasteiger partial charge in [-0.1, -0.05) is 24.2 Å². The summed E-state index contributed by atoms with van der Waals surface area (Å²) in [6, 6.07) is 6.03. The summed E-state index contributed by atoms with van der Waals surface area (Å²) < 4.78 is 5.96. The van der Waals surface area contributed by atoms with Crippen LogP contribution >= 0.6 is 11.3 Å². The minimum Gasteiger partial charge on any atom is -0.492 e. The first-order valence-electron chi connectivity index (χ1n) is 13.4. The van der Waals surface area contributed by atoms with E-state index in [1.165, 1.54) is 51.6 Å². The number of nitrogens with zero attached hydrogens (tertiary/aromatic N) is 5. The maximum Gasteiger partial charge on any atom is 0.211 e. The molecular weight excluding hydrogens is 484 g/mol. The molecule has 3 aromatic rings. The molecule has 0 spiro atoms. The van der Waals surface area contributed by atoms with Crippen molar-refractivity contribution in [2.24, 2.45) is 0 Å². The predicted octanol–water partition coefficient (Wildman–Crippen LogP) is 5.47. The van der Waals surface area contributed by atoms with Crippen molar-refractivity contribution in [2.45, 2.75) is 50.9 Å². The number of pyridine rings is 2. The van der Waals surface area contributed by atoms with Crippen LogP contribution in [0.3, 0.4) is 0 Å². The van der Waals surface area contributed by atoms with E-state index in [9.17, 15) is 0 Å². The Kier molecular flexibility index (Phi) is 7.45. The number of fused-ring (bicyclic) bond motifs is 1. The zero-order valence-corrected chi connectivity index (χ0v) is 21.9. The molecule has 0 atom stereocenters. The molecule has 0 amide bonds. The van der Waals surface area contributed by atoms with Gasteiger partial charge in [-0.2, -0.15) is 0 Å². The van der Waals surface area contributed by atoms with Gasteiger partial charge in [0.25, 0.3) is 0 Å². The average molecular weight is 519 g/mol. The van der Waals surface area contributed by atoms with Crippen molar-refractivity contribution >= 4 is 39.7 Å². The van der Waals surface area contributed by atoms with Gasteiger partial charge in [0.05, 0.1) is 42.6 Å². The number of aromatic nitrogens is 4. The highest BCUT2D eigenvalue weighted by Crippen LogP contribution is 2.37. The van der Waals surface area contributed by atoms with E-state index in [1.54, 1.807) is 17.5 Å². The highest BCUT2D eigenvalue weighted by molar-refractivity contribution is 7.15. The van der Waals surface area contributed by atoms with Crippen LogP contribution in [0.4, 0.5) is 22.3 Å². The van der Waals surface area contributed by atoms with Crippen molar-refractivity contribution in [3.8, 4) is 5.75 Å². The van der Waals surface area contributed by atoms with Gasteiger partial charge in [-0.15, -0.1) is 10.2 Å². The lowest BCUT2D eigenvalue weighted by molar-refractivity contribution is 0.263. The average Bonchev–Trinajstić information content (AvgIpc) is 3.70. The largest absolute Gasteiger partial charge is 0.492 e. The molecule has 6 rings (SSSR count). The van der Waals surface area contributed by atoms with Crippen LogP contribution in [-0.4, -0.2) is 57.9 Å². The SMILES string of the molecule is C1=C(Nc2cncc(OCCCN3CCCC3)c2)CNc2ccc(Nc3nnc(C4CCCC4)s3)nc21. The lowest BCUT2D eigenvalue weighted by atomic mass is 10.1. The molecule has 3 aliphatic rings. The zero-order valence-electron chi connectivity index (χ0n) is 21.1. The van der Waals surface area contributed by atoms with Crippen LogP contribution in [0.1, 0.15) is 61.6 Å². The molecule has 10 heteroatoms.